The zero-order chi connectivity index (χ0) is 20.6. The first-order chi connectivity index (χ1) is 13.3. The summed E-state index contributed by atoms with van der Waals surface area (Å²) in [6, 6.07) is 6.44. The number of hydrogen-bond donors (Lipinski definition) is 2. The van der Waals surface area contributed by atoms with Crippen LogP contribution in [0, 0.1) is 12.3 Å². The lowest BCUT2D eigenvalue weighted by Crippen LogP contribution is -2.36. The van der Waals surface area contributed by atoms with Crippen molar-refractivity contribution >= 4 is 22.3 Å². The molecule has 0 aliphatic rings. The van der Waals surface area contributed by atoms with E-state index in [-0.39, 0.29) is 37.0 Å². The van der Waals surface area contributed by atoms with Crippen molar-refractivity contribution in [1.82, 2.24) is 19.3 Å². The van der Waals surface area contributed by atoms with Crippen LogP contribution in [0.1, 0.15) is 24.1 Å². The first-order valence-electron chi connectivity index (χ1n) is 8.67. The highest BCUT2D eigenvalue weighted by Crippen LogP contribution is 2.16. The van der Waals surface area contributed by atoms with Gasteiger partial charge in [-0.2, -0.15) is 4.31 Å². The predicted octanol–water partition coefficient (Wildman–Crippen LogP) is 0.667. The van der Waals surface area contributed by atoms with E-state index in [1.165, 1.54) is 16.8 Å². The van der Waals surface area contributed by atoms with Crippen molar-refractivity contribution in [2.75, 3.05) is 13.3 Å². The number of sulfonamides is 1. The van der Waals surface area contributed by atoms with E-state index in [4.69, 9.17) is 11.1 Å². The molecule has 1 aromatic heterocycles. The quantitative estimate of drug-likeness (QED) is 0.227. The van der Waals surface area contributed by atoms with Crippen LogP contribution in [0.25, 0.3) is 0 Å². The maximum Gasteiger partial charge on any atom is 0.294 e. The van der Waals surface area contributed by atoms with Crippen LogP contribution >= 0.6 is 0 Å². The van der Waals surface area contributed by atoms with Crippen LogP contribution in [0.4, 0.5) is 0 Å². The number of hydrogen-bond acceptors (Lipinski definition) is 7. The van der Waals surface area contributed by atoms with E-state index in [9.17, 15) is 13.2 Å². The topological polar surface area (TPSA) is 144 Å². The molecule has 0 radical (unpaired) electrons. The molecular weight excluding hydrogens is 384 g/mol. The van der Waals surface area contributed by atoms with Gasteiger partial charge in [-0.15, -0.1) is 5.10 Å². The summed E-state index contributed by atoms with van der Waals surface area (Å²) in [5.74, 6) is 0.125. The summed E-state index contributed by atoms with van der Waals surface area (Å²) in [7, 11) is -3.83. The zero-order valence-corrected chi connectivity index (χ0v) is 16.4. The molecule has 0 saturated carbocycles. The van der Waals surface area contributed by atoms with E-state index in [2.05, 4.69) is 15.0 Å². The van der Waals surface area contributed by atoms with Gasteiger partial charge in [-0.25, -0.2) is 8.42 Å². The minimum absolute atomic E-state index is 0.0558. The lowest BCUT2D eigenvalue weighted by molar-refractivity contribution is -0.131. The Hall–Kier alpha value is -2.79. The van der Waals surface area contributed by atoms with Gasteiger partial charge in [0.1, 0.15) is 0 Å². The van der Waals surface area contributed by atoms with E-state index in [1.807, 2.05) is 6.92 Å². The number of carbonyl (C=O) groups is 1. The SMILES string of the molecule is Cc1ccc(S(=O)(=O)N(CCn2cc(CCCC(=N)N)nn2)COC=O)cc1. The molecule has 0 atom stereocenters. The van der Waals surface area contributed by atoms with Crippen molar-refractivity contribution in [3.63, 3.8) is 0 Å². The molecule has 2 rings (SSSR count). The van der Waals surface area contributed by atoms with Crippen LogP contribution in [0.2, 0.25) is 0 Å². The smallest absolute Gasteiger partial charge is 0.294 e. The Labute approximate surface area is 163 Å². The summed E-state index contributed by atoms with van der Waals surface area (Å²) in [4.78, 5) is 10.7. The van der Waals surface area contributed by atoms with Gasteiger partial charge in [0.05, 0.1) is 23.0 Å². The Kier molecular flexibility index (Phi) is 7.64. The molecule has 2 aromatic rings. The van der Waals surface area contributed by atoms with E-state index in [0.717, 1.165) is 15.6 Å². The molecule has 0 spiro atoms. The molecule has 1 aromatic carbocycles. The summed E-state index contributed by atoms with van der Waals surface area (Å²) >= 11 is 0. The monoisotopic (exact) mass is 408 g/mol. The third-order valence-electron chi connectivity index (χ3n) is 3.99. The zero-order valence-electron chi connectivity index (χ0n) is 15.6. The number of nitrogens with two attached hydrogens (primary N) is 1. The molecule has 0 aliphatic heterocycles. The van der Waals surface area contributed by atoms with Gasteiger partial charge < -0.3 is 10.5 Å². The summed E-state index contributed by atoms with van der Waals surface area (Å²) in [5.41, 5.74) is 7.00. The molecular formula is C17H24N6O4S. The van der Waals surface area contributed by atoms with Crippen molar-refractivity contribution in [3.05, 3.63) is 41.7 Å². The second-order valence-corrected chi connectivity index (χ2v) is 8.18. The van der Waals surface area contributed by atoms with Gasteiger partial charge >= 0.3 is 0 Å². The number of aromatic nitrogens is 3. The van der Waals surface area contributed by atoms with Crippen LogP contribution < -0.4 is 5.73 Å². The highest BCUT2D eigenvalue weighted by molar-refractivity contribution is 7.89. The minimum atomic E-state index is -3.83. The average Bonchev–Trinajstić information content (AvgIpc) is 3.09. The fraction of sp³-hybridized carbons (Fsp3) is 0.412. The largest absolute Gasteiger partial charge is 0.451 e. The molecule has 0 amide bonds. The van der Waals surface area contributed by atoms with Crippen LogP contribution in [0.3, 0.4) is 0 Å². The Balaban J connectivity index is 2.04. The number of aryl methyl sites for hydroxylation is 2. The molecule has 1 heterocycles. The van der Waals surface area contributed by atoms with Crippen molar-refractivity contribution in [2.24, 2.45) is 5.73 Å². The highest BCUT2D eigenvalue weighted by atomic mass is 32.2. The number of benzene rings is 1. The summed E-state index contributed by atoms with van der Waals surface area (Å²) in [5, 5.41) is 15.2. The fourth-order valence-electron chi connectivity index (χ4n) is 2.46. The summed E-state index contributed by atoms with van der Waals surface area (Å²) < 4.78 is 33.0. The van der Waals surface area contributed by atoms with E-state index < -0.39 is 10.0 Å². The van der Waals surface area contributed by atoms with Crippen LogP contribution in [-0.4, -0.2) is 53.3 Å². The van der Waals surface area contributed by atoms with Gasteiger partial charge in [0.2, 0.25) is 10.0 Å². The number of amidine groups is 1. The Morgan fingerprint density at radius 1 is 1.36 bits per heavy atom. The second kappa shape index (κ2) is 9.95. The molecule has 0 bridgehead atoms. The van der Waals surface area contributed by atoms with Gasteiger partial charge in [-0.3, -0.25) is 14.9 Å². The van der Waals surface area contributed by atoms with Gasteiger partial charge in [0.25, 0.3) is 6.47 Å². The molecule has 0 aliphatic carbocycles. The molecule has 3 N–H and O–H groups in total. The standard InChI is InChI=1S/C17H24N6O4S/c1-14-5-7-16(8-6-14)28(25,26)23(12-27-13-24)10-9-22-11-15(20-21-22)3-2-4-17(18)19/h5-8,11,13H,2-4,9-10,12H2,1H3,(H3,18,19). The number of ether oxygens (including phenoxy) is 1. The molecule has 10 nitrogen and oxygen atoms in total. The molecule has 0 fully saturated rings. The van der Waals surface area contributed by atoms with Crippen molar-refractivity contribution < 1.29 is 17.9 Å². The van der Waals surface area contributed by atoms with E-state index >= 15 is 0 Å². The summed E-state index contributed by atoms with van der Waals surface area (Å²) in [6.45, 7) is 1.98. The second-order valence-electron chi connectivity index (χ2n) is 6.24. The third-order valence-corrected chi connectivity index (χ3v) is 5.82. The number of nitrogens with zero attached hydrogens (tertiary/aromatic N) is 4. The van der Waals surface area contributed by atoms with Gasteiger partial charge in [-0.1, -0.05) is 22.9 Å². The summed E-state index contributed by atoms with van der Waals surface area (Å²) in [6.07, 6.45) is 3.52. The van der Waals surface area contributed by atoms with Gasteiger partial charge in [0.15, 0.2) is 6.73 Å². The van der Waals surface area contributed by atoms with Crippen LogP contribution in [0.15, 0.2) is 35.4 Å². The first kappa shape index (κ1) is 21.5. The maximum absolute atomic E-state index is 12.8. The normalized spacial score (nSPS) is 11.5. The third kappa shape index (κ3) is 6.13. The van der Waals surface area contributed by atoms with Crippen LogP contribution in [-0.2, 0) is 32.5 Å². The molecule has 11 heteroatoms. The molecule has 28 heavy (non-hydrogen) atoms. The average molecular weight is 408 g/mol. The predicted molar refractivity (Wildman–Crippen MR) is 102 cm³/mol. The lowest BCUT2D eigenvalue weighted by atomic mass is 10.2. The molecule has 0 unspecified atom stereocenters. The van der Waals surface area contributed by atoms with Crippen LogP contribution in [0.5, 0.6) is 0 Å². The van der Waals surface area contributed by atoms with Crippen molar-refractivity contribution in [2.45, 2.75) is 37.6 Å². The van der Waals surface area contributed by atoms with Gasteiger partial charge in [-0.05, 0) is 31.9 Å². The Bertz CT molecular complexity index is 895. The minimum Gasteiger partial charge on any atom is -0.451 e. The maximum atomic E-state index is 12.8. The highest BCUT2D eigenvalue weighted by Gasteiger charge is 2.25. The van der Waals surface area contributed by atoms with Crippen molar-refractivity contribution in [1.29, 1.82) is 5.41 Å². The Morgan fingerprint density at radius 2 is 2.07 bits per heavy atom. The first-order valence-corrected chi connectivity index (χ1v) is 10.1. The van der Waals surface area contributed by atoms with Crippen molar-refractivity contribution in [3.8, 4) is 0 Å². The lowest BCUT2D eigenvalue weighted by Gasteiger charge is -2.20. The number of nitrogens with one attached hydrogen (secondary N) is 1. The fourth-order valence-corrected chi connectivity index (χ4v) is 3.76. The molecule has 0 saturated heterocycles. The van der Waals surface area contributed by atoms with E-state index in [1.54, 1.807) is 18.3 Å². The number of rotatable bonds is 12. The Morgan fingerprint density at radius 3 is 2.71 bits per heavy atom. The number of carbonyl (C=O) groups excluding carboxylic acids is 1. The molecule has 152 valence electrons. The van der Waals surface area contributed by atoms with E-state index in [0.29, 0.717) is 19.3 Å². The van der Waals surface area contributed by atoms with Gasteiger partial charge in [0, 0.05) is 19.2 Å².